The maximum absolute atomic E-state index is 4.45. The van der Waals surface area contributed by atoms with Crippen LogP contribution in [0.2, 0.25) is 0 Å². The summed E-state index contributed by atoms with van der Waals surface area (Å²) in [5, 5.41) is 10.4. The molecule has 0 saturated carbocycles. The molecule has 2 rings (SSSR count). The minimum atomic E-state index is 0.634. The van der Waals surface area contributed by atoms with E-state index < -0.39 is 0 Å². The minimum Gasteiger partial charge on any atom is -0.312 e. The van der Waals surface area contributed by atoms with Crippen LogP contribution in [0.3, 0.4) is 0 Å². The molecular weight excluding hydrogens is 218 g/mol. The van der Waals surface area contributed by atoms with E-state index in [4.69, 9.17) is 0 Å². The van der Waals surface area contributed by atoms with Crippen LogP contribution >= 0.6 is 11.3 Å². The molecule has 2 N–H and O–H groups in total. The van der Waals surface area contributed by atoms with Gasteiger partial charge >= 0.3 is 0 Å². The summed E-state index contributed by atoms with van der Waals surface area (Å²) in [7, 11) is 0. The number of aromatic nitrogens is 1. The molecule has 2 atom stereocenters. The van der Waals surface area contributed by atoms with Gasteiger partial charge in [0.25, 0.3) is 0 Å². The zero-order chi connectivity index (χ0) is 11.4. The van der Waals surface area contributed by atoms with Crippen LogP contribution in [0.4, 0.5) is 0 Å². The third-order valence-corrected chi connectivity index (χ3v) is 4.20. The third-order valence-electron chi connectivity index (χ3n) is 3.24. The van der Waals surface area contributed by atoms with E-state index in [0.717, 1.165) is 24.7 Å². The molecular formula is C12H21N3S. The Balaban J connectivity index is 1.71. The van der Waals surface area contributed by atoms with Gasteiger partial charge in [0.1, 0.15) is 5.01 Å². The van der Waals surface area contributed by atoms with E-state index in [9.17, 15) is 0 Å². The SMILES string of the molecule is Cc1csc(CNCC2NCCCC2C)n1. The number of hydrogen-bond donors (Lipinski definition) is 2. The first kappa shape index (κ1) is 12.0. The number of piperidine rings is 1. The van der Waals surface area contributed by atoms with Crippen LogP contribution in [0.5, 0.6) is 0 Å². The monoisotopic (exact) mass is 239 g/mol. The Labute approximate surface area is 102 Å². The molecule has 4 heteroatoms. The van der Waals surface area contributed by atoms with Crippen molar-refractivity contribution in [2.75, 3.05) is 13.1 Å². The maximum Gasteiger partial charge on any atom is 0.107 e. The highest BCUT2D eigenvalue weighted by atomic mass is 32.1. The molecule has 1 fully saturated rings. The van der Waals surface area contributed by atoms with Crippen LogP contribution in [-0.4, -0.2) is 24.1 Å². The lowest BCUT2D eigenvalue weighted by Gasteiger charge is -2.30. The quantitative estimate of drug-likeness (QED) is 0.843. The van der Waals surface area contributed by atoms with E-state index in [0.29, 0.717) is 6.04 Å². The molecule has 2 unspecified atom stereocenters. The Kier molecular flexibility index (Phi) is 4.32. The summed E-state index contributed by atoms with van der Waals surface area (Å²) >= 11 is 1.74. The van der Waals surface area contributed by atoms with Crippen molar-refractivity contribution in [2.45, 2.75) is 39.3 Å². The van der Waals surface area contributed by atoms with E-state index in [1.165, 1.54) is 24.4 Å². The summed E-state index contributed by atoms with van der Waals surface area (Å²) in [5.74, 6) is 0.791. The van der Waals surface area contributed by atoms with Crippen LogP contribution in [-0.2, 0) is 6.54 Å². The van der Waals surface area contributed by atoms with Gasteiger partial charge < -0.3 is 10.6 Å². The molecule has 0 aromatic carbocycles. The van der Waals surface area contributed by atoms with Crippen LogP contribution in [0.1, 0.15) is 30.5 Å². The van der Waals surface area contributed by atoms with Crippen LogP contribution in [0.25, 0.3) is 0 Å². The van der Waals surface area contributed by atoms with Gasteiger partial charge in [0, 0.05) is 30.2 Å². The summed E-state index contributed by atoms with van der Waals surface area (Å²) < 4.78 is 0. The molecule has 0 radical (unpaired) electrons. The molecule has 0 spiro atoms. The maximum atomic E-state index is 4.45. The van der Waals surface area contributed by atoms with E-state index in [1.54, 1.807) is 11.3 Å². The molecule has 1 aliphatic heterocycles. The van der Waals surface area contributed by atoms with Crippen molar-refractivity contribution in [3.63, 3.8) is 0 Å². The Morgan fingerprint density at radius 2 is 2.50 bits per heavy atom. The van der Waals surface area contributed by atoms with Crippen molar-refractivity contribution in [3.05, 3.63) is 16.1 Å². The molecule has 1 aromatic heterocycles. The fraction of sp³-hybridized carbons (Fsp3) is 0.750. The molecule has 1 aromatic rings. The summed E-state index contributed by atoms with van der Waals surface area (Å²) in [6, 6.07) is 0.634. The number of nitrogens with one attached hydrogen (secondary N) is 2. The van der Waals surface area contributed by atoms with E-state index in [2.05, 4.69) is 27.9 Å². The van der Waals surface area contributed by atoms with Gasteiger partial charge in [-0.25, -0.2) is 4.98 Å². The lowest BCUT2D eigenvalue weighted by molar-refractivity contribution is 0.290. The predicted octanol–water partition coefficient (Wildman–Crippen LogP) is 1.93. The van der Waals surface area contributed by atoms with Crippen LogP contribution < -0.4 is 10.6 Å². The van der Waals surface area contributed by atoms with Crippen molar-refractivity contribution in [3.8, 4) is 0 Å². The molecule has 16 heavy (non-hydrogen) atoms. The lowest BCUT2D eigenvalue weighted by atomic mass is 9.93. The molecule has 2 heterocycles. The predicted molar refractivity (Wildman–Crippen MR) is 68.7 cm³/mol. The first-order valence-corrected chi connectivity index (χ1v) is 6.99. The van der Waals surface area contributed by atoms with Gasteiger partial charge in [0.05, 0.1) is 0 Å². The number of nitrogens with zero attached hydrogens (tertiary/aromatic N) is 1. The van der Waals surface area contributed by atoms with Crippen molar-refractivity contribution in [2.24, 2.45) is 5.92 Å². The summed E-state index contributed by atoms with van der Waals surface area (Å²) in [6.07, 6.45) is 2.68. The van der Waals surface area contributed by atoms with Crippen molar-refractivity contribution >= 4 is 11.3 Å². The standard InChI is InChI=1S/C12H21N3S/c1-9-4-3-5-14-11(9)6-13-7-12-15-10(2)8-16-12/h8-9,11,13-14H,3-7H2,1-2H3. The summed E-state index contributed by atoms with van der Waals surface area (Å²) in [5.41, 5.74) is 1.13. The first-order valence-electron chi connectivity index (χ1n) is 6.11. The van der Waals surface area contributed by atoms with Gasteiger partial charge in [-0.2, -0.15) is 0 Å². The van der Waals surface area contributed by atoms with Crippen molar-refractivity contribution in [1.82, 2.24) is 15.6 Å². The van der Waals surface area contributed by atoms with Gasteiger partial charge in [-0.3, -0.25) is 0 Å². The Morgan fingerprint density at radius 1 is 1.62 bits per heavy atom. The van der Waals surface area contributed by atoms with E-state index >= 15 is 0 Å². The number of rotatable bonds is 4. The van der Waals surface area contributed by atoms with Gasteiger partial charge in [0.15, 0.2) is 0 Å². The zero-order valence-electron chi connectivity index (χ0n) is 10.1. The largest absolute Gasteiger partial charge is 0.312 e. The van der Waals surface area contributed by atoms with Crippen molar-refractivity contribution in [1.29, 1.82) is 0 Å². The second-order valence-electron chi connectivity index (χ2n) is 4.69. The first-order chi connectivity index (χ1) is 7.75. The number of aryl methyl sites for hydroxylation is 1. The fourth-order valence-electron chi connectivity index (χ4n) is 2.21. The highest BCUT2D eigenvalue weighted by Crippen LogP contribution is 2.15. The van der Waals surface area contributed by atoms with Crippen LogP contribution in [0.15, 0.2) is 5.38 Å². The lowest BCUT2D eigenvalue weighted by Crippen LogP contribution is -2.46. The fourth-order valence-corrected chi connectivity index (χ4v) is 2.95. The molecule has 1 aliphatic rings. The minimum absolute atomic E-state index is 0.634. The Bertz CT molecular complexity index is 324. The molecule has 0 amide bonds. The Morgan fingerprint density at radius 3 is 3.19 bits per heavy atom. The smallest absolute Gasteiger partial charge is 0.107 e. The summed E-state index contributed by atoms with van der Waals surface area (Å²) in [6.45, 7) is 7.52. The highest BCUT2D eigenvalue weighted by Gasteiger charge is 2.19. The Hall–Kier alpha value is -0.450. The number of hydrogen-bond acceptors (Lipinski definition) is 4. The second kappa shape index (κ2) is 5.75. The van der Waals surface area contributed by atoms with E-state index in [1.807, 2.05) is 6.92 Å². The van der Waals surface area contributed by atoms with Gasteiger partial charge in [-0.15, -0.1) is 11.3 Å². The van der Waals surface area contributed by atoms with Gasteiger partial charge in [-0.1, -0.05) is 6.92 Å². The molecule has 0 bridgehead atoms. The average molecular weight is 239 g/mol. The normalized spacial score (nSPS) is 25.9. The molecule has 1 saturated heterocycles. The molecule has 0 aliphatic carbocycles. The second-order valence-corrected chi connectivity index (χ2v) is 5.64. The molecule has 3 nitrogen and oxygen atoms in total. The molecule has 90 valence electrons. The van der Waals surface area contributed by atoms with Gasteiger partial charge in [0.2, 0.25) is 0 Å². The van der Waals surface area contributed by atoms with E-state index in [-0.39, 0.29) is 0 Å². The topological polar surface area (TPSA) is 37.0 Å². The van der Waals surface area contributed by atoms with Gasteiger partial charge in [-0.05, 0) is 32.2 Å². The zero-order valence-corrected chi connectivity index (χ0v) is 10.9. The highest BCUT2D eigenvalue weighted by molar-refractivity contribution is 7.09. The third kappa shape index (κ3) is 3.27. The number of thiazole rings is 1. The van der Waals surface area contributed by atoms with Crippen molar-refractivity contribution < 1.29 is 0 Å². The average Bonchev–Trinajstić information content (AvgIpc) is 2.67. The summed E-state index contributed by atoms with van der Waals surface area (Å²) in [4.78, 5) is 4.45. The van der Waals surface area contributed by atoms with Crippen LogP contribution in [0, 0.1) is 12.8 Å².